The zero-order valence-electron chi connectivity index (χ0n) is 14.0. The minimum atomic E-state index is -3.54. The van der Waals surface area contributed by atoms with E-state index in [0.717, 1.165) is 29.3 Å². The number of hydrogen-bond donors (Lipinski definition) is 3. The van der Waals surface area contributed by atoms with E-state index in [2.05, 4.69) is 15.0 Å². The molecule has 4 rings (SSSR count). The molecule has 1 fully saturated rings. The number of H-pyrrole nitrogens is 1. The van der Waals surface area contributed by atoms with Crippen molar-refractivity contribution < 1.29 is 13.2 Å². The normalized spacial score (nSPS) is 14.5. The maximum absolute atomic E-state index is 12.4. The first-order valence-corrected chi connectivity index (χ1v) is 9.97. The maximum Gasteiger partial charge on any atom is 0.240 e. The Kier molecular flexibility index (Phi) is 4.26. The van der Waals surface area contributed by atoms with E-state index in [4.69, 9.17) is 0 Å². The molecule has 1 saturated carbocycles. The molecule has 134 valence electrons. The van der Waals surface area contributed by atoms with Gasteiger partial charge in [0.05, 0.1) is 11.3 Å². The van der Waals surface area contributed by atoms with Crippen molar-refractivity contribution in [2.24, 2.45) is 0 Å². The Labute approximate surface area is 151 Å². The number of benzene rings is 2. The SMILES string of the molecule is O=C(Cc1c[nH]c2ccccc12)Nc1cccc(S(=O)(=O)NC2CC2)c1. The summed E-state index contributed by atoms with van der Waals surface area (Å²) in [5.74, 6) is -0.195. The van der Waals surface area contributed by atoms with E-state index in [0.29, 0.717) is 5.69 Å². The molecule has 3 N–H and O–H groups in total. The number of sulfonamides is 1. The third-order valence-corrected chi connectivity index (χ3v) is 5.87. The number of aromatic amines is 1. The van der Waals surface area contributed by atoms with Gasteiger partial charge in [-0.2, -0.15) is 0 Å². The smallest absolute Gasteiger partial charge is 0.240 e. The van der Waals surface area contributed by atoms with Crippen LogP contribution >= 0.6 is 0 Å². The molecule has 1 amide bonds. The summed E-state index contributed by atoms with van der Waals surface area (Å²) in [5.41, 5.74) is 2.35. The Bertz CT molecular complexity index is 1070. The fourth-order valence-electron chi connectivity index (χ4n) is 2.89. The van der Waals surface area contributed by atoms with Gasteiger partial charge in [-0.15, -0.1) is 0 Å². The summed E-state index contributed by atoms with van der Waals surface area (Å²) in [6, 6.07) is 14.1. The van der Waals surface area contributed by atoms with E-state index < -0.39 is 10.0 Å². The topological polar surface area (TPSA) is 91.1 Å². The summed E-state index contributed by atoms with van der Waals surface area (Å²) in [4.78, 5) is 15.7. The molecule has 26 heavy (non-hydrogen) atoms. The zero-order chi connectivity index (χ0) is 18.1. The average molecular weight is 369 g/mol. The van der Waals surface area contributed by atoms with Crippen molar-refractivity contribution in [3.8, 4) is 0 Å². The lowest BCUT2D eigenvalue weighted by Gasteiger charge is -2.09. The highest BCUT2D eigenvalue weighted by atomic mass is 32.2. The molecule has 0 spiro atoms. The van der Waals surface area contributed by atoms with Gasteiger partial charge in [-0.05, 0) is 42.7 Å². The fraction of sp³-hybridized carbons (Fsp3) is 0.211. The first kappa shape index (κ1) is 16.8. The Morgan fingerprint density at radius 3 is 2.73 bits per heavy atom. The lowest BCUT2D eigenvalue weighted by Crippen LogP contribution is -2.25. The van der Waals surface area contributed by atoms with Crippen LogP contribution in [-0.4, -0.2) is 25.4 Å². The molecule has 1 aliphatic carbocycles. The Hall–Kier alpha value is -2.64. The molecule has 1 aromatic heterocycles. The van der Waals surface area contributed by atoms with Crippen LogP contribution in [0.25, 0.3) is 10.9 Å². The van der Waals surface area contributed by atoms with Crippen LogP contribution in [-0.2, 0) is 21.2 Å². The third-order valence-electron chi connectivity index (χ3n) is 4.35. The van der Waals surface area contributed by atoms with Gasteiger partial charge in [-0.1, -0.05) is 24.3 Å². The molecular formula is C19H19N3O3S. The van der Waals surface area contributed by atoms with Gasteiger partial charge in [0.1, 0.15) is 0 Å². The van der Waals surface area contributed by atoms with Gasteiger partial charge in [0.15, 0.2) is 0 Å². The lowest BCUT2D eigenvalue weighted by molar-refractivity contribution is -0.115. The monoisotopic (exact) mass is 369 g/mol. The number of hydrogen-bond acceptors (Lipinski definition) is 3. The van der Waals surface area contributed by atoms with Crippen LogP contribution in [0.2, 0.25) is 0 Å². The molecule has 0 unspecified atom stereocenters. The predicted octanol–water partition coefficient (Wildman–Crippen LogP) is 2.79. The number of amides is 1. The van der Waals surface area contributed by atoms with E-state index in [-0.39, 0.29) is 23.3 Å². The Morgan fingerprint density at radius 1 is 1.12 bits per heavy atom. The molecular weight excluding hydrogens is 350 g/mol. The van der Waals surface area contributed by atoms with Gasteiger partial charge in [0, 0.05) is 28.8 Å². The van der Waals surface area contributed by atoms with Crippen LogP contribution < -0.4 is 10.0 Å². The highest BCUT2D eigenvalue weighted by Gasteiger charge is 2.28. The number of carbonyl (C=O) groups excluding carboxylic acids is 1. The molecule has 7 heteroatoms. The Morgan fingerprint density at radius 2 is 1.92 bits per heavy atom. The average Bonchev–Trinajstić information content (AvgIpc) is 3.33. The van der Waals surface area contributed by atoms with Crippen molar-refractivity contribution in [3.05, 3.63) is 60.3 Å². The highest BCUT2D eigenvalue weighted by molar-refractivity contribution is 7.89. The van der Waals surface area contributed by atoms with Crippen molar-refractivity contribution in [2.75, 3.05) is 5.32 Å². The van der Waals surface area contributed by atoms with Crippen LogP contribution in [0.3, 0.4) is 0 Å². The first-order chi connectivity index (χ1) is 12.5. The molecule has 1 heterocycles. The molecule has 2 aromatic carbocycles. The van der Waals surface area contributed by atoms with Crippen LogP contribution in [0.4, 0.5) is 5.69 Å². The highest BCUT2D eigenvalue weighted by Crippen LogP contribution is 2.23. The van der Waals surface area contributed by atoms with E-state index in [9.17, 15) is 13.2 Å². The summed E-state index contributed by atoms with van der Waals surface area (Å²) in [6.45, 7) is 0. The van der Waals surface area contributed by atoms with Crippen LogP contribution in [0, 0.1) is 0 Å². The number of nitrogens with one attached hydrogen (secondary N) is 3. The molecule has 3 aromatic rings. The summed E-state index contributed by atoms with van der Waals surface area (Å²) >= 11 is 0. The fourth-order valence-corrected chi connectivity index (χ4v) is 4.24. The minimum Gasteiger partial charge on any atom is -0.361 e. The number of fused-ring (bicyclic) bond motifs is 1. The number of para-hydroxylation sites is 1. The number of anilines is 1. The van der Waals surface area contributed by atoms with Crippen molar-refractivity contribution in [1.82, 2.24) is 9.71 Å². The van der Waals surface area contributed by atoms with Crippen molar-refractivity contribution in [1.29, 1.82) is 0 Å². The molecule has 0 radical (unpaired) electrons. The van der Waals surface area contributed by atoms with Crippen molar-refractivity contribution in [2.45, 2.75) is 30.2 Å². The summed E-state index contributed by atoms with van der Waals surface area (Å²) in [7, 11) is -3.54. The summed E-state index contributed by atoms with van der Waals surface area (Å²) in [6.07, 6.45) is 3.78. The maximum atomic E-state index is 12.4. The van der Waals surface area contributed by atoms with Crippen LogP contribution in [0.1, 0.15) is 18.4 Å². The molecule has 0 aliphatic heterocycles. The van der Waals surface area contributed by atoms with Crippen LogP contribution in [0.5, 0.6) is 0 Å². The first-order valence-electron chi connectivity index (χ1n) is 8.48. The number of aromatic nitrogens is 1. The molecule has 0 atom stereocenters. The van der Waals surface area contributed by atoms with E-state index in [1.807, 2.05) is 30.5 Å². The van der Waals surface area contributed by atoms with Gasteiger partial charge in [-0.25, -0.2) is 13.1 Å². The van der Waals surface area contributed by atoms with E-state index in [1.165, 1.54) is 12.1 Å². The predicted molar refractivity (Wildman–Crippen MR) is 100 cm³/mol. The van der Waals surface area contributed by atoms with E-state index >= 15 is 0 Å². The number of rotatable bonds is 6. The van der Waals surface area contributed by atoms with Gasteiger partial charge in [-0.3, -0.25) is 4.79 Å². The van der Waals surface area contributed by atoms with Gasteiger partial charge < -0.3 is 10.3 Å². The lowest BCUT2D eigenvalue weighted by atomic mass is 10.1. The standard InChI is InChI=1S/C19H19N3O3S/c23-19(10-13-12-20-18-7-2-1-6-17(13)18)21-15-4-3-5-16(11-15)26(24,25)22-14-8-9-14/h1-7,11-12,14,20,22H,8-10H2,(H,21,23). The largest absolute Gasteiger partial charge is 0.361 e. The summed E-state index contributed by atoms with van der Waals surface area (Å²) in [5, 5.41) is 3.79. The second kappa shape index (κ2) is 6.59. The van der Waals surface area contributed by atoms with E-state index in [1.54, 1.807) is 12.1 Å². The van der Waals surface area contributed by atoms with Crippen molar-refractivity contribution >= 4 is 32.5 Å². The van der Waals surface area contributed by atoms with Crippen LogP contribution in [0.15, 0.2) is 59.6 Å². The van der Waals surface area contributed by atoms with Gasteiger partial charge in [0.25, 0.3) is 0 Å². The third kappa shape index (κ3) is 3.63. The zero-order valence-corrected chi connectivity index (χ0v) is 14.8. The molecule has 0 bridgehead atoms. The summed E-state index contributed by atoms with van der Waals surface area (Å²) < 4.78 is 27.2. The molecule has 0 saturated heterocycles. The molecule has 1 aliphatic rings. The number of carbonyl (C=O) groups is 1. The van der Waals surface area contributed by atoms with Gasteiger partial charge in [0.2, 0.25) is 15.9 Å². The van der Waals surface area contributed by atoms with Crippen molar-refractivity contribution in [3.63, 3.8) is 0 Å². The quantitative estimate of drug-likeness (QED) is 0.624. The second-order valence-electron chi connectivity index (χ2n) is 6.51. The Balaban J connectivity index is 1.48. The molecule has 6 nitrogen and oxygen atoms in total. The second-order valence-corrected chi connectivity index (χ2v) is 8.22. The minimum absolute atomic E-state index is 0.0418. The van der Waals surface area contributed by atoms with Gasteiger partial charge >= 0.3 is 0 Å².